The standard InChI is InChI=1S/C22H30N6O.HI/c1-4-23-22(25-16-18-7-5-8-20(26-18)27(2)3)24-15-17-10-12-19(13-11-17)28-14-6-9-21(28)29;/h5,7-8,10-13H,4,6,9,14-16H2,1-3H3,(H2,23,24,25);1H. The number of carbonyl (C=O) groups is 1. The van der Waals surface area contributed by atoms with E-state index in [4.69, 9.17) is 0 Å². The second kappa shape index (κ2) is 11.7. The van der Waals surface area contributed by atoms with Crippen LogP contribution in [-0.4, -0.2) is 44.0 Å². The van der Waals surface area contributed by atoms with E-state index in [-0.39, 0.29) is 29.9 Å². The lowest BCUT2D eigenvalue weighted by Gasteiger charge is -2.16. The normalized spacial score (nSPS) is 13.8. The number of guanidine groups is 1. The van der Waals surface area contributed by atoms with Crippen molar-refractivity contribution in [2.45, 2.75) is 32.9 Å². The summed E-state index contributed by atoms with van der Waals surface area (Å²) in [6, 6.07) is 14.1. The van der Waals surface area contributed by atoms with Crippen LogP contribution in [0.3, 0.4) is 0 Å². The van der Waals surface area contributed by atoms with Gasteiger partial charge in [0, 0.05) is 39.3 Å². The highest BCUT2D eigenvalue weighted by Gasteiger charge is 2.21. The molecule has 0 atom stereocenters. The molecule has 1 aliphatic heterocycles. The van der Waals surface area contributed by atoms with E-state index >= 15 is 0 Å². The fourth-order valence-corrected chi connectivity index (χ4v) is 3.20. The van der Waals surface area contributed by atoms with Crippen molar-refractivity contribution in [1.29, 1.82) is 0 Å². The number of aliphatic imine (C=N–C) groups is 1. The molecule has 1 aliphatic rings. The first-order valence-electron chi connectivity index (χ1n) is 10.1. The lowest BCUT2D eigenvalue weighted by molar-refractivity contribution is -0.117. The molecule has 0 aliphatic carbocycles. The Morgan fingerprint density at radius 3 is 2.57 bits per heavy atom. The molecule has 2 heterocycles. The van der Waals surface area contributed by atoms with Crippen molar-refractivity contribution in [2.24, 2.45) is 4.99 Å². The van der Waals surface area contributed by atoms with Crippen LogP contribution in [0.2, 0.25) is 0 Å². The number of benzene rings is 1. The average molecular weight is 522 g/mol. The predicted octanol–water partition coefficient (Wildman–Crippen LogP) is 3.15. The van der Waals surface area contributed by atoms with Crippen LogP contribution in [0.25, 0.3) is 0 Å². The van der Waals surface area contributed by atoms with E-state index in [1.54, 1.807) is 0 Å². The van der Waals surface area contributed by atoms with Gasteiger partial charge < -0.3 is 20.4 Å². The van der Waals surface area contributed by atoms with E-state index in [0.717, 1.165) is 48.2 Å². The third-order valence-electron chi connectivity index (χ3n) is 4.77. The summed E-state index contributed by atoms with van der Waals surface area (Å²) in [7, 11) is 3.96. The van der Waals surface area contributed by atoms with Crippen molar-refractivity contribution in [3.8, 4) is 0 Å². The molecule has 162 valence electrons. The summed E-state index contributed by atoms with van der Waals surface area (Å²) in [6.07, 6.45) is 1.59. The quantitative estimate of drug-likeness (QED) is 0.332. The zero-order valence-electron chi connectivity index (χ0n) is 17.9. The summed E-state index contributed by atoms with van der Waals surface area (Å²) in [4.78, 5) is 25.0. The zero-order valence-corrected chi connectivity index (χ0v) is 20.2. The third-order valence-corrected chi connectivity index (χ3v) is 4.77. The fourth-order valence-electron chi connectivity index (χ4n) is 3.20. The molecule has 7 nitrogen and oxygen atoms in total. The number of nitrogens with one attached hydrogen (secondary N) is 2. The van der Waals surface area contributed by atoms with Gasteiger partial charge in [-0.05, 0) is 43.2 Å². The number of rotatable bonds is 7. The van der Waals surface area contributed by atoms with Gasteiger partial charge in [0.15, 0.2) is 5.96 Å². The number of nitrogens with zero attached hydrogens (tertiary/aromatic N) is 4. The van der Waals surface area contributed by atoms with Gasteiger partial charge in [-0.3, -0.25) is 4.79 Å². The molecule has 30 heavy (non-hydrogen) atoms. The monoisotopic (exact) mass is 522 g/mol. The van der Waals surface area contributed by atoms with E-state index in [9.17, 15) is 4.79 Å². The molecule has 2 N–H and O–H groups in total. The number of pyridine rings is 1. The average Bonchev–Trinajstić information content (AvgIpc) is 3.16. The molecular formula is C22H31IN6O. The lowest BCUT2D eigenvalue weighted by atomic mass is 10.2. The van der Waals surface area contributed by atoms with Crippen LogP contribution < -0.4 is 20.4 Å². The number of amides is 1. The van der Waals surface area contributed by atoms with Gasteiger partial charge in [-0.2, -0.15) is 0 Å². The van der Waals surface area contributed by atoms with Gasteiger partial charge in [0.1, 0.15) is 5.82 Å². The Morgan fingerprint density at radius 1 is 1.17 bits per heavy atom. The van der Waals surface area contributed by atoms with Gasteiger partial charge in [-0.15, -0.1) is 24.0 Å². The van der Waals surface area contributed by atoms with Crippen molar-refractivity contribution < 1.29 is 4.79 Å². The van der Waals surface area contributed by atoms with Crippen LogP contribution in [0.1, 0.15) is 31.0 Å². The molecule has 1 saturated heterocycles. The van der Waals surface area contributed by atoms with Crippen molar-refractivity contribution in [3.05, 3.63) is 53.7 Å². The van der Waals surface area contributed by atoms with Gasteiger partial charge in [0.25, 0.3) is 0 Å². The molecule has 0 saturated carbocycles. The topological polar surface area (TPSA) is 72.9 Å². The highest BCUT2D eigenvalue weighted by Crippen LogP contribution is 2.21. The minimum atomic E-state index is 0. The van der Waals surface area contributed by atoms with E-state index in [1.807, 2.05) is 73.3 Å². The number of halogens is 1. The summed E-state index contributed by atoms with van der Waals surface area (Å²) in [5, 5.41) is 6.61. The van der Waals surface area contributed by atoms with Crippen LogP contribution in [0.5, 0.6) is 0 Å². The molecule has 8 heteroatoms. The molecule has 0 spiro atoms. The van der Waals surface area contributed by atoms with Crippen LogP contribution in [0.15, 0.2) is 47.5 Å². The first-order chi connectivity index (χ1) is 14.1. The van der Waals surface area contributed by atoms with Gasteiger partial charge in [-0.25, -0.2) is 9.98 Å². The minimum Gasteiger partial charge on any atom is -0.363 e. The van der Waals surface area contributed by atoms with Crippen molar-refractivity contribution in [3.63, 3.8) is 0 Å². The molecule has 1 aromatic heterocycles. The van der Waals surface area contributed by atoms with Gasteiger partial charge in [0.05, 0.1) is 18.8 Å². The summed E-state index contributed by atoms with van der Waals surface area (Å²) in [6.45, 7) is 4.81. The maximum atomic E-state index is 11.9. The van der Waals surface area contributed by atoms with E-state index < -0.39 is 0 Å². The highest BCUT2D eigenvalue weighted by atomic mass is 127. The summed E-state index contributed by atoms with van der Waals surface area (Å²) in [5.41, 5.74) is 3.03. The molecule has 1 aromatic carbocycles. The number of aromatic nitrogens is 1. The molecular weight excluding hydrogens is 491 g/mol. The Balaban J connectivity index is 0.00000320. The second-order valence-corrected chi connectivity index (χ2v) is 7.25. The fraction of sp³-hybridized carbons (Fsp3) is 0.409. The van der Waals surface area contributed by atoms with Crippen molar-refractivity contribution in [1.82, 2.24) is 15.6 Å². The van der Waals surface area contributed by atoms with Gasteiger partial charge >= 0.3 is 0 Å². The van der Waals surface area contributed by atoms with E-state index in [0.29, 0.717) is 19.5 Å². The molecule has 0 bridgehead atoms. The molecule has 1 fully saturated rings. The maximum absolute atomic E-state index is 11.9. The van der Waals surface area contributed by atoms with Crippen LogP contribution >= 0.6 is 24.0 Å². The molecule has 3 rings (SSSR count). The SMILES string of the molecule is CCNC(=NCc1ccc(N2CCCC2=O)cc1)NCc1cccc(N(C)C)n1.I. The molecule has 0 radical (unpaired) electrons. The van der Waals surface area contributed by atoms with Gasteiger partial charge in [0.2, 0.25) is 5.91 Å². The number of hydrogen-bond donors (Lipinski definition) is 2. The van der Waals surface area contributed by atoms with Crippen LogP contribution in [0, 0.1) is 0 Å². The van der Waals surface area contributed by atoms with E-state index in [1.165, 1.54) is 0 Å². The first-order valence-corrected chi connectivity index (χ1v) is 10.1. The van der Waals surface area contributed by atoms with Crippen molar-refractivity contribution in [2.75, 3.05) is 37.0 Å². The van der Waals surface area contributed by atoms with E-state index in [2.05, 4.69) is 20.6 Å². The second-order valence-electron chi connectivity index (χ2n) is 7.25. The summed E-state index contributed by atoms with van der Waals surface area (Å²) in [5.74, 6) is 1.90. The summed E-state index contributed by atoms with van der Waals surface area (Å²) >= 11 is 0. The number of anilines is 2. The van der Waals surface area contributed by atoms with Crippen LogP contribution in [-0.2, 0) is 17.9 Å². The Kier molecular flexibility index (Phi) is 9.35. The van der Waals surface area contributed by atoms with Crippen LogP contribution in [0.4, 0.5) is 11.5 Å². The molecule has 1 amide bonds. The number of carbonyl (C=O) groups excluding carboxylic acids is 1. The smallest absolute Gasteiger partial charge is 0.227 e. The maximum Gasteiger partial charge on any atom is 0.227 e. The first kappa shape index (κ1) is 23.9. The number of hydrogen-bond acceptors (Lipinski definition) is 4. The van der Waals surface area contributed by atoms with Gasteiger partial charge in [-0.1, -0.05) is 18.2 Å². The zero-order chi connectivity index (χ0) is 20.6. The molecule has 2 aromatic rings. The Bertz CT molecular complexity index is 853. The largest absolute Gasteiger partial charge is 0.363 e. The predicted molar refractivity (Wildman–Crippen MR) is 134 cm³/mol. The Hall–Kier alpha value is -2.36. The Morgan fingerprint density at radius 2 is 1.93 bits per heavy atom. The summed E-state index contributed by atoms with van der Waals surface area (Å²) < 4.78 is 0. The minimum absolute atomic E-state index is 0. The Labute approximate surface area is 196 Å². The van der Waals surface area contributed by atoms with Crippen molar-refractivity contribution >= 4 is 47.3 Å². The lowest BCUT2D eigenvalue weighted by Crippen LogP contribution is -2.37. The third kappa shape index (κ3) is 6.58. The molecule has 0 unspecified atom stereocenters. The highest BCUT2D eigenvalue weighted by molar-refractivity contribution is 14.0.